The summed E-state index contributed by atoms with van der Waals surface area (Å²) in [7, 11) is 0. The van der Waals surface area contributed by atoms with Crippen molar-refractivity contribution < 1.29 is 4.39 Å². The lowest BCUT2D eigenvalue weighted by Crippen LogP contribution is -1.92. The summed E-state index contributed by atoms with van der Waals surface area (Å²) in [4.78, 5) is 0. The monoisotopic (exact) mass is 185 g/mol. The van der Waals surface area contributed by atoms with Gasteiger partial charge in [0.1, 0.15) is 5.82 Å². The number of halogens is 2. The molecule has 0 unspecified atom stereocenters. The van der Waals surface area contributed by atoms with E-state index in [1.165, 1.54) is 12.1 Å². The summed E-state index contributed by atoms with van der Waals surface area (Å²) < 4.78 is 12.7. The fourth-order valence-corrected chi connectivity index (χ4v) is 1.11. The van der Waals surface area contributed by atoms with Crippen molar-refractivity contribution in [1.29, 1.82) is 0 Å². The lowest BCUT2D eigenvalue weighted by atomic mass is 10.2. The normalized spacial score (nSPS) is 10.9. The van der Waals surface area contributed by atoms with Crippen LogP contribution in [0.4, 0.5) is 4.39 Å². The Morgan fingerprint density at radius 3 is 2.75 bits per heavy atom. The van der Waals surface area contributed by atoms with E-state index < -0.39 is 0 Å². The maximum atomic E-state index is 12.7. The first kappa shape index (κ1) is 9.23. The van der Waals surface area contributed by atoms with E-state index in [2.05, 4.69) is 0 Å². The Bertz CT molecular complexity index is 276. The summed E-state index contributed by atoms with van der Waals surface area (Å²) in [6.45, 7) is 0.439. The van der Waals surface area contributed by atoms with E-state index in [0.717, 1.165) is 5.56 Å². The standard InChI is InChI=1S/C9H9ClFN/c10-8-4-7(2-1-3-12)5-9(11)6-8/h1-2,4-6H,3,12H2. The third-order valence-electron chi connectivity index (χ3n) is 1.33. The third-order valence-corrected chi connectivity index (χ3v) is 1.55. The molecule has 0 aliphatic carbocycles. The van der Waals surface area contributed by atoms with E-state index in [4.69, 9.17) is 17.3 Å². The van der Waals surface area contributed by atoms with Crippen LogP contribution in [0.15, 0.2) is 24.3 Å². The van der Waals surface area contributed by atoms with Crippen LogP contribution in [0.3, 0.4) is 0 Å². The smallest absolute Gasteiger partial charge is 0.125 e. The van der Waals surface area contributed by atoms with E-state index in [1.807, 2.05) is 0 Å². The summed E-state index contributed by atoms with van der Waals surface area (Å²) >= 11 is 5.62. The zero-order chi connectivity index (χ0) is 8.97. The molecule has 0 aliphatic heterocycles. The van der Waals surface area contributed by atoms with Crippen LogP contribution >= 0.6 is 11.6 Å². The molecule has 1 aromatic rings. The lowest BCUT2D eigenvalue weighted by Gasteiger charge is -1.95. The second-order valence-corrected chi connectivity index (χ2v) is 2.78. The Morgan fingerprint density at radius 2 is 2.17 bits per heavy atom. The van der Waals surface area contributed by atoms with Crippen LogP contribution in [-0.4, -0.2) is 6.54 Å². The molecule has 0 saturated heterocycles. The maximum Gasteiger partial charge on any atom is 0.125 e. The van der Waals surface area contributed by atoms with E-state index in [0.29, 0.717) is 11.6 Å². The molecule has 0 aliphatic rings. The van der Waals surface area contributed by atoms with E-state index >= 15 is 0 Å². The Hall–Kier alpha value is -0.860. The zero-order valence-electron chi connectivity index (χ0n) is 6.43. The van der Waals surface area contributed by atoms with Crippen molar-refractivity contribution in [2.24, 2.45) is 5.73 Å². The molecule has 0 aromatic heterocycles. The molecule has 3 heteroatoms. The van der Waals surface area contributed by atoms with Gasteiger partial charge in [0.05, 0.1) is 0 Å². The second kappa shape index (κ2) is 4.24. The molecule has 2 N–H and O–H groups in total. The number of benzene rings is 1. The first-order valence-corrected chi connectivity index (χ1v) is 3.93. The van der Waals surface area contributed by atoms with Gasteiger partial charge in [0.2, 0.25) is 0 Å². The summed E-state index contributed by atoms with van der Waals surface area (Å²) in [6, 6.07) is 4.34. The number of hydrogen-bond acceptors (Lipinski definition) is 1. The molecular formula is C9H9ClFN. The van der Waals surface area contributed by atoms with Gasteiger partial charge in [-0.3, -0.25) is 0 Å². The molecule has 0 saturated carbocycles. The van der Waals surface area contributed by atoms with Crippen LogP contribution in [0.1, 0.15) is 5.56 Å². The van der Waals surface area contributed by atoms with Gasteiger partial charge in [-0.2, -0.15) is 0 Å². The second-order valence-electron chi connectivity index (χ2n) is 2.34. The molecule has 0 radical (unpaired) electrons. The topological polar surface area (TPSA) is 26.0 Å². The largest absolute Gasteiger partial charge is 0.327 e. The van der Waals surface area contributed by atoms with E-state index in [1.54, 1.807) is 18.2 Å². The molecule has 0 bridgehead atoms. The van der Waals surface area contributed by atoms with Gasteiger partial charge in [0.15, 0.2) is 0 Å². The summed E-state index contributed by atoms with van der Waals surface area (Å²) in [6.07, 6.45) is 3.47. The highest BCUT2D eigenvalue weighted by atomic mass is 35.5. The molecule has 1 nitrogen and oxygen atoms in total. The quantitative estimate of drug-likeness (QED) is 0.753. The number of rotatable bonds is 2. The fourth-order valence-electron chi connectivity index (χ4n) is 0.876. The SMILES string of the molecule is NCC=Cc1cc(F)cc(Cl)c1. The highest BCUT2D eigenvalue weighted by Gasteiger charge is 1.94. The summed E-state index contributed by atoms with van der Waals surface area (Å²) in [5, 5.41) is 0.395. The van der Waals surface area contributed by atoms with Gasteiger partial charge in [-0.05, 0) is 23.8 Å². The fraction of sp³-hybridized carbons (Fsp3) is 0.111. The van der Waals surface area contributed by atoms with Gasteiger partial charge >= 0.3 is 0 Å². The molecule has 0 atom stereocenters. The van der Waals surface area contributed by atoms with Crippen LogP contribution in [0, 0.1) is 5.82 Å². The average molecular weight is 186 g/mol. The van der Waals surface area contributed by atoms with Gasteiger partial charge in [-0.15, -0.1) is 0 Å². The van der Waals surface area contributed by atoms with Crippen molar-refractivity contribution in [3.8, 4) is 0 Å². The minimum Gasteiger partial charge on any atom is -0.327 e. The predicted molar refractivity (Wildman–Crippen MR) is 49.5 cm³/mol. The van der Waals surface area contributed by atoms with Crippen LogP contribution in [0.5, 0.6) is 0 Å². The maximum absolute atomic E-state index is 12.7. The molecule has 0 heterocycles. The van der Waals surface area contributed by atoms with Gasteiger partial charge in [-0.1, -0.05) is 23.8 Å². The molecule has 64 valence electrons. The van der Waals surface area contributed by atoms with Gasteiger partial charge in [0, 0.05) is 11.6 Å². The van der Waals surface area contributed by atoms with Crippen molar-refractivity contribution in [2.75, 3.05) is 6.54 Å². The predicted octanol–water partition coefficient (Wildman–Crippen LogP) is 2.45. The molecule has 0 amide bonds. The first-order chi connectivity index (χ1) is 5.72. The van der Waals surface area contributed by atoms with E-state index in [9.17, 15) is 4.39 Å². The Morgan fingerprint density at radius 1 is 1.42 bits per heavy atom. The van der Waals surface area contributed by atoms with Crippen molar-refractivity contribution in [3.05, 3.63) is 40.7 Å². The molecule has 0 fully saturated rings. The van der Waals surface area contributed by atoms with Crippen molar-refractivity contribution >= 4 is 17.7 Å². The zero-order valence-corrected chi connectivity index (χ0v) is 7.18. The van der Waals surface area contributed by atoms with Crippen LogP contribution < -0.4 is 5.73 Å². The van der Waals surface area contributed by atoms with Gasteiger partial charge in [-0.25, -0.2) is 4.39 Å². The molecular weight excluding hydrogens is 177 g/mol. The molecule has 0 spiro atoms. The summed E-state index contributed by atoms with van der Waals surface area (Å²) in [5.74, 6) is -0.334. The number of nitrogens with two attached hydrogens (primary N) is 1. The highest BCUT2D eigenvalue weighted by molar-refractivity contribution is 6.30. The van der Waals surface area contributed by atoms with Crippen LogP contribution in [-0.2, 0) is 0 Å². The summed E-state index contributed by atoms with van der Waals surface area (Å²) in [5.41, 5.74) is 5.97. The van der Waals surface area contributed by atoms with Crippen LogP contribution in [0.2, 0.25) is 5.02 Å². The van der Waals surface area contributed by atoms with Crippen molar-refractivity contribution in [2.45, 2.75) is 0 Å². The Labute approximate surface area is 75.6 Å². The van der Waals surface area contributed by atoms with Gasteiger partial charge in [0.25, 0.3) is 0 Å². The first-order valence-electron chi connectivity index (χ1n) is 3.55. The van der Waals surface area contributed by atoms with Crippen LogP contribution in [0.25, 0.3) is 6.08 Å². The molecule has 12 heavy (non-hydrogen) atoms. The minimum absolute atomic E-state index is 0.334. The minimum atomic E-state index is -0.334. The average Bonchev–Trinajstić information content (AvgIpc) is 1.99. The Kier molecular flexibility index (Phi) is 3.26. The molecule has 1 aromatic carbocycles. The highest BCUT2D eigenvalue weighted by Crippen LogP contribution is 2.14. The number of hydrogen-bond donors (Lipinski definition) is 1. The van der Waals surface area contributed by atoms with E-state index in [-0.39, 0.29) is 5.82 Å². The molecule has 1 rings (SSSR count). The van der Waals surface area contributed by atoms with Gasteiger partial charge < -0.3 is 5.73 Å². The Balaban J connectivity index is 2.93. The third kappa shape index (κ3) is 2.64. The lowest BCUT2D eigenvalue weighted by molar-refractivity contribution is 0.627. The van der Waals surface area contributed by atoms with Crippen molar-refractivity contribution in [3.63, 3.8) is 0 Å². The van der Waals surface area contributed by atoms with Crippen molar-refractivity contribution in [1.82, 2.24) is 0 Å².